The first-order chi connectivity index (χ1) is 5.71. The third kappa shape index (κ3) is 2.54. The van der Waals surface area contributed by atoms with Gasteiger partial charge in [0.2, 0.25) is 0 Å². The van der Waals surface area contributed by atoms with Gasteiger partial charge < -0.3 is 4.35 Å². The smallest absolute Gasteiger partial charge is 0.175 e. The van der Waals surface area contributed by atoms with Gasteiger partial charge >= 0.3 is 0 Å². The Morgan fingerprint density at radius 3 is 1.85 bits per heavy atom. The Labute approximate surface area is 83.1 Å². The summed E-state index contributed by atoms with van der Waals surface area (Å²) in [6.45, 7) is 14.0. The van der Waals surface area contributed by atoms with Gasteiger partial charge in [-0.25, -0.2) is 0 Å². The number of hydrogen-bond acceptors (Lipinski definition) is 1. The van der Waals surface area contributed by atoms with Gasteiger partial charge in [-0.15, -0.1) is 0 Å². The van der Waals surface area contributed by atoms with Gasteiger partial charge in [0, 0.05) is 12.4 Å². The summed E-state index contributed by atoms with van der Waals surface area (Å²) in [5.41, 5.74) is 0. The molecule has 1 aromatic heterocycles. The van der Waals surface area contributed by atoms with E-state index < -0.39 is 16.3 Å². The first kappa shape index (κ1) is 10.7. The van der Waals surface area contributed by atoms with Crippen LogP contribution in [-0.2, 0) is 0 Å². The Hall–Kier alpha value is -0.356. The molecule has 0 aliphatic carbocycles. The molecule has 0 saturated heterocycles. The van der Waals surface area contributed by atoms with Crippen molar-refractivity contribution in [2.75, 3.05) is 0 Å². The normalized spacial score (nSPS) is 13.4. The lowest BCUT2D eigenvalue weighted by atomic mass is 10.7. The molecule has 0 aromatic carbocycles. The summed E-state index contributed by atoms with van der Waals surface area (Å²) in [4.78, 5) is 0. The lowest BCUT2D eigenvalue weighted by Gasteiger charge is -2.17. The molecular formula is C9H20N2Si2. The van der Waals surface area contributed by atoms with Gasteiger partial charge in [0.05, 0.1) is 8.07 Å². The molecule has 0 saturated carbocycles. The van der Waals surface area contributed by atoms with Gasteiger partial charge in [0.25, 0.3) is 0 Å². The fourth-order valence-corrected chi connectivity index (χ4v) is 3.09. The molecule has 13 heavy (non-hydrogen) atoms. The van der Waals surface area contributed by atoms with Crippen LogP contribution in [0, 0.1) is 0 Å². The molecule has 4 heteroatoms. The average molecular weight is 212 g/mol. The van der Waals surface area contributed by atoms with Crippen molar-refractivity contribution in [1.29, 1.82) is 0 Å². The second kappa shape index (κ2) is 3.10. The Morgan fingerprint density at radius 2 is 1.62 bits per heavy atom. The quantitative estimate of drug-likeness (QED) is 0.687. The summed E-state index contributed by atoms with van der Waals surface area (Å²) in [6, 6.07) is 0. The van der Waals surface area contributed by atoms with E-state index in [4.69, 9.17) is 0 Å². The van der Waals surface area contributed by atoms with Crippen LogP contribution in [0.4, 0.5) is 0 Å². The van der Waals surface area contributed by atoms with Gasteiger partial charge in [0.1, 0.15) is 0 Å². The maximum atomic E-state index is 4.47. The summed E-state index contributed by atoms with van der Waals surface area (Å²) >= 11 is 0. The summed E-state index contributed by atoms with van der Waals surface area (Å²) < 4.78 is 2.20. The SMILES string of the molecule is C[Si](C)(C)c1cnn([Si](C)(C)C)c1. The van der Waals surface area contributed by atoms with Crippen LogP contribution in [0.15, 0.2) is 12.4 Å². The minimum Gasteiger partial charge on any atom is -0.302 e. The number of nitrogens with zero attached hydrogens (tertiary/aromatic N) is 2. The summed E-state index contributed by atoms with van der Waals surface area (Å²) in [6.07, 6.45) is 4.32. The van der Waals surface area contributed by atoms with Crippen LogP contribution in [0.1, 0.15) is 0 Å². The van der Waals surface area contributed by atoms with Crippen LogP contribution < -0.4 is 5.19 Å². The maximum absolute atomic E-state index is 4.47. The van der Waals surface area contributed by atoms with E-state index in [0.29, 0.717) is 0 Å². The third-order valence-electron chi connectivity index (χ3n) is 2.14. The molecule has 0 atom stereocenters. The molecule has 0 aliphatic rings. The molecule has 1 aromatic rings. The minimum absolute atomic E-state index is 1.15. The van der Waals surface area contributed by atoms with Crippen molar-refractivity contribution >= 4 is 21.5 Å². The van der Waals surface area contributed by atoms with Crippen molar-refractivity contribution in [3.63, 3.8) is 0 Å². The Kier molecular flexibility index (Phi) is 2.55. The Bertz CT molecular complexity index is 263. The predicted molar refractivity (Wildman–Crippen MR) is 64.0 cm³/mol. The van der Waals surface area contributed by atoms with Crippen LogP contribution in [0.25, 0.3) is 0 Å². The van der Waals surface area contributed by atoms with Crippen molar-refractivity contribution in [1.82, 2.24) is 9.45 Å². The van der Waals surface area contributed by atoms with Gasteiger partial charge in [0.15, 0.2) is 8.24 Å². The second-order valence-electron chi connectivity index (χ2n) is 5.59. The molecule has 0 aliphatic heterocycles. The van der Waals surface area contributed by atoms with Gasteiger partial charge in [-0.3, -0.25) is 0 Å². The topological polar surface area (TPSA) is 17.8 Å². The van der Waals surface area contributed by atoms with Crippen molar-refractivity contribution in [2.45, 2.75) is 39.3 Å². The predicted octanol–water partition coefficient (Wildman–Crippen LogP) is 2.11. The highest BCUT2D eigenvalue weighted by atomic mass is 28.3. The molecule has 74 valence electrons. The van der Waals surface area contributed by atoms with Gasteiger partial charge in [-0.05, 0) is 24.8 Å². The van der Waals surface area contributed by atoms with Crippen LogP contribution in [-0.4, -0.2) is 25.8 Å². The first-order valence-corrected chi connectivity index (χ1v) is 11.7. The maximum Gasteiger partial charge on any atom is 0.175 e. The second-order valence-corrected chi connectivity index (χ2v) is 15.5. The van der Waals surface area contributed by atoms with E-state index in [1.54, 1.807) is 0 Å². The summed E-state index contributed by atoms with van der Waals surface area (Å²) in [5, 5.41) is 5.93. The van der Waals surface area contributed by atoms with Crippen LogP contribution in [0.5, 0.6) is 0 Å². The fourth-order valence-electron chi connectivity index (χ4n) is 1.08. The van der Waals surface area contributed by atoms with E-state index in [-0.39, 0.29) is 0 Å². The standard InChI is InChI=1S/C9H20N2Si2/c1-12(2,3)9-7-10-11(8-9)13(4,5)6/h7-8H,1-6H3. The van der Waals surface area contributed by atoms with Crippen LogP contribution >= 0.6 is 0 Å². The molecule has 0 radical (unpaired) electrons. The zero-order valence-corrected chi connectivity index (χ0v) is 11.5. The minimum atomic E-state index is -1.26. The summed E-state index contributed by atoms with van der Waals surface area (Å²) in [5.74, 6) is 0. The van der Waals surface area contributed by atoms with Crippen molar-refractivity contribution in [2.24, 2.45) is 0 Å². The van der Waals surface area contributed by atoms with E-state index in [1.165, 1.54) is 5.19 Å². The van der Waals surface area contributed by atoms with Gasteiger partial charge in [-0.2, -0.15) is 5.10 Å². The molecule has 0 unspecified atom stereocenters. The lowest BCUT2D eigenvalue weighted by molar-refractivity contribution is 0.934. The van der Waals surface area contributed by atoms with E-state index in [1.807, 2.05) is 0 Å². The molecule has 0 spiro atoms. The van der Waals surface area contributed by atoms with Crippen molar-refractivity contribution < 1.29 is 0 Å². The highest BCUT2D eigenvalue weighted by Crippen LogP contribution is 2.06. The van der Waals surface area contributed by atoms with E-state index in [9.17, 15) is 0 Å². The third-order valence-corrected chi connectivity index (χ3v) is 5.75. The molecule has 0 bridgehead atoms. The zero-order valence-electron chi connectivity index (χ0n) is 9.55. The lowest BCUT2D eigenvalue weighted by Crippen LogP contribution is -2.38. The Morgan fingerprint density at radius 1 is 1.08 bits per heavy atom. The largest absolute Gasteiger partial charge is 0.302 e. The highest BCUT2D eigenvalue weighted by Gasteiger charge is 2.22. The molecule has 0 fully saturated rings. The first-order valence-electron chi connectivity index (χ1n) is 4.77. The van der Waals surface area contributed by atoms with E-state index in [0.717, 1.165) is 0 Å². The number of hydrogen-bond donors (Lipinski definition) is 0. The molecule has 1 rings (SSSR count). The molecular weight excluding hydrogens is 192 g/mol. The monoisotopic (exact) mass is 212 g/mol. The average Bonchev–Trinajstić information content (AvgIpc) is 2.28. The van der Waals surface area contributed by atoms with Crippen molar-refractivity contribution in [3.8, 4) is 0 Å². The number of rotatable bonds is 2. The summed E-state index contributed by atoms with van der Waals surface area (Å²) in [7, 11) is -2.42. The van der Waals surface area contributed by atoms with Crippen LogP contribution in [0.3, 0.4) is 0 Å². The fraction of sp³-hybridized carbons (Fsp3) is 0.667. The van der Waals surface area contributed by atoms with Crippen molar-refractivity contribution in [3.05, 3.63) is 12.4 Å². The highest BCUT2D eigenvalue weighted by molar-refractivity contribution is 6.88. The Balaban J connectivity index is 3.01. The van der Waals surface area contributed by atoms with E-state index >= 15 is 0 Å². The van der Waals surface area contributed by atoms with Gasteiger partial charge in [-0.1, -0.05) is 19.6 Å². The number of aromatic nitrogens is 2. The van der Waals surface area contributed by atoms with Crippen LogP contribution in [0.2, 0.25) is 39.3 Å². The molecule has 0 amide bonds. The molecule has 1 heterocycles. The van der Waals surface area contributed by atoms with E-state index in [2.05, 4.69) is 61.1 Å². The molecule has 2 nitrogen and oxygen atoms in total. The molecule has 0 N–H and O–H groups in total. The zero-order chi connectivity index (χ0) is 10.3.